The number of rotatable bonds is 7. The van der Waals surface area contributed by atoms with Crippen LogP contribution in [0, 0.1) is 11.6 Å². The highest BCUT2D eigenvalue weighted by Gasteiger charge is 2.21. The number of hydrogen-bond donors (Lipinski definition) is 1. The fourth-order valence-corrected chi connectivity index (χ4v) is 1.83. The third-order valence-corrected chi connectivity index (χ3v) is 2.93. The van der Waals surface area contributed by atoms with E-state index in [9.17, 15) is 13.6 Å². The Hall–Kier alpha value is -1.69. The SMILES string of the molecule is CC(C)OC(=O)COc1c(F)cc(CNC2CC2)cc1F. The van der Waals surface area contributed by atoms with E-state index in [-0.39, 0.29) is 6.10 Å². The molecule has 1 aliphatic carbocycles. The van der Waals surface area contributed by atoms with E-state index < -0.39 is 30.0 Å². The van der Waals surface area contributed by atoms with Crippen molar-refractivity contribution >= 4 is 5.97 Å². The van der Waals surface area contributed by atoms with Gasteiger partial charge in [0.15, 0.2) is 24.0 Å². The Morgan fingerprint density at radius 1 is 1.33 bits per heavy atom. The van der Waals surface area contributed by atoms with Crippen molar-refractivity contribution in [3.63, 3.8) is 0 Å². The molecule has 0 aliphatic heterocycles. The molecule has 0 aromatic heterocycles. The van der Waals surface area contributed by atoms with Gasteiger partial charge in [0.1, 0.15) is 0 Å². The Bertz CT molecular complexity index is 493. The van der Waals surface area contributed by atoms with Gasteiger partial charge in [-0.25, -0.2) is 13.6 Å². The largest absolute Gasteiger partial charge is 0.476 e. The minimum atomic E-state index is -0.819. The number of nitrogens with one attached hydrogen (secondary N) is 1. The monoisotopic (exact) mass is 299 g/mol. The third kappa shape index (κ3) is 4.97. The van der Waals surface area contributed by atoms with Gasteiger partial charge in [0, 0.05) is 12.6 Å². The molecule has 0 heterocycles. The van der Waals surface area contributed by atoms with E-state index in [0.29, 0.717) is 18.2 Å². The lowest BCUT2D eigenvalue weighted by Gasteiger charge is -2.11. The molecule has 116 valence electrons. The summed E-state index contributed by atoms with van der Waals surface area (Å²) in [5.74, 6) is -2.85. The van der Waals surface area contributed by atoms with Crippen LogP contribution in [-0.4, -0.2) is 24.7 Å². The quantitative estimate of drug-likeness (QED) is 0.786. The Morgan fingerprint density at radius 3 is 2.48 bits per heavy atom. The lowest BCUT2D eigenvalue weighted by molar-refractivity contribution is -0.149. The van der Waals surface area contributed by atoms with Crippen LogP contribution in [-0.2, 0) is 16.1 Å². The van der Waals surface area contributed by atoms with Gasteiger partial charge in [-0.05, 0) is 44.4 Å². The summed E-state index contributed by atoms with van der Waals surface area (Å²) in [4.78, 5) is 11.3. The second-order valence-electron chi connectivity index (χ2n) is 5.37. The fourth-order valence-electron chi connectivity index (χ4n) is 1.83. The minimum Gasteiger partial charge on any atom is -0.476 e. The summed E-state index contributed by atoms with van der Waals surface area (Å²) in [6, 6.07) is 2.88. The zero-order valence-electron chi connectivity index (χ0n) is 12.1. The highest BCUT2D eigenvalue weighted by Crippen LogP contribution is 2.24. The van der Waals surface area contributed by atoms with E-state index >= 15 is 0 Å². The van der Waals surface area contributed by atoms with E-state index in [0.717, 1.165) is 12.8 Å². The number of carbonyl (C=O) groups is 1. The van der Waals surface area contributed by atoms with Gasteiger partial charge in [-0.1, -0.05) is 0 Å². The summed E-state index contributed by atoms with van der Waals surface area (Å²) in [6.07, 6.45) is 1.90. The second-order valence-corrected chi connectivity index (χ2v) is 5.37. The molecule has 1 saturated carbocycles. The van der Waals surface area contributed by atoms with Gasteiger partial charge >= 0.3 is 5.97 Å². The molecule has 4 nitrogen and oxygen atoms in total. The molecule has 1 fully saturated rings. The topological polar surface area (TPSA) is 47.6 Å². The molecule has 0 unspecified atom stereocenters. The molecule has 0 spiro atoms. The average Bonchev–Trinajstić information content (AvgIpc) is 3.18. The predicted octanol–water partition coefficient (Wildman–Crippen LogP) is 2.55. The Morgan fingerprint density at radius 2 is 1.95 bits per heavy atom. The van der Waals surface area contributed by atoms with Crippen molar-refractivity contribution in [2.45, 2.75) is 45.4 Å². The summed E-state index contributed by atoms with van der Waals surface area (Å²) in [6.45, 7) is 3.25. The van der Waals surface area contributed by atoms with Crippen LogP contribution in [0.2, 0.25) is 0 Å². The van der Waals surface area contributed by atoms with E-state index in [2.05, 4.69) is 5.32 Å². The first-order valence-corrected chi connectivity index (χ1v) is 6.99. The van der Waals surface area contributed by atoms with Crippen molar-refractivity contribution in [2.75, 3.05) is 6.61 Å². The Labute approximate surface area is 122 Å². The summed E-state index contributed by atoms with van der Waals surface area (Å²) in [5.41, 5.74) is 0.508. The van der Waals surface area contributed by atoms with Crippen LogP contribution >= 0.6 is 0 Å². The van der Waals surface area contributed by atoms with Gasteiger partial charge in [0.25, 0.3) is 0 Å². The first-order chi connectivity index (χ1) is 9.95. The van der Waals surface area contributed by atoms with Crippen LogP contribution in [0.4, 0.5) is 8.78 Å². The van der Waals surface area contributed by atoms with Gasteiger partial charge in [-0.3, -0.25) is 0 Å². The minimum absolute atomic E-state index is 0.299. The van der Waals surface area contributed by atoms with Crippen molar-refractivity contribution in [3.8, 4) is 5.75 Å². The van der Waals surface area contributed by atoms with Gasteiger partial charge in [0.05, 0.1) is 6.10 Å². The van der Waals surface area contributed by atoms with E-state index in [1.165, 1.54) is 12.1 Å². The molecular formula is C15H19F2NO3. The maximum atomic E-state index is 13.8. The van der Waals surface area contributed by atoms with E-state index in [1.54, 1.807) is 13.8 Å². The molecule has 2 rings (SSSR count). The summed E-state index contributed by atoms with van der Waals surface area (Å²) in [7, 11) is 0. The van der Waals surface area contributed by atoms with Gasteiger partial charge < -0.3 is 14.8 Å². The van der Waals surface area contributed by atoms with Gasteiger partial charge in [-0.2, -0.15) is 0 Å². The van der Waals surface area contributed by atoms with Gasteiger partial charge in [0.2, 0.25) is 0 Å². The molecule has 0 saturated heterocycles. The Kier molecular flexibility index (Phi) is 5.12. The number of carbonyl (C=O) groups excluding carboxylic acids is 1. The normalized spacial score (nSPS) is 14.3. The zero-order valence-corrected chi connectivity index (χ0v) is 12.1. The number of benzene rings is 1. The first kappa shape index (κ1) is 15.7. The third-order valence-electron chi connectivity index (χ3n) is 2.93. The van der Waals surface area contributed by atoms with Crippen LogP contribution in [0.1, 0.15) is 32.3 Å². The molecule has 0 amide bonds. The van der Waals surface area contributed by atoms with E-state index in [4.69, 9.17) is 9.47 Å². The van der Waals surface area contributed by atoms with Crippen LogP contribution < -0.4 is 10.1 Å². The molecule has 1 aromatic carbocycles. The van der Waals surface area contributed by atoms with Crippen molar-refractivity contribution < 1.29 is 23.0 Å². The van der Waals surface area contributed by atoms with Crippen molar-refractivity contribution in [1.82, 2.24) is 5.32 Å². The maximum Gasteiger partial charge on any atom is 0.344 e. The van der Waals surface area contributed by atoms with Crippen LogP contribution in [0.25, 0.3) is 0 Å². The molecule has 0 radical (unpaired) electrons. The molecule has 0 bridgehead atoms. The molecule has 6 heteroatoms. The highest BCUT2D eigenvalue weighted by atomic mass is 19.1. The lowest BCUT2D eigenvalue weighted by Crippen LogP contribution is -2.20. The molecule has 1 aliphatic rings. The van der Waals surface area contributed by atoms with Crippen LogP contribution in [0.5, 0.6) is 5.75 Å². The average molecular weight is 299 g/mol. The van der Waals surface area contributed by atoms with Crippen LogP contribution in [0.15, 0.2) is 12.1 Å². The van der Waals surface area contributed by atoms with Gasteiger partial charge in [-0.15, -0.1) is 0 Å². The molecule has 1 N–H and O–H groups in total. The number of ether oxygens (including phenoxy) is 2. The summed E-state index contributed by atoms with van der Waals surface area (Å²) >= 11 is 0. The van der Waals surface area contributed by atoms with Crippen LogP contribution in [0.3, 0.4) is 0 Å². The second kappa shape index (κ2) is 6.85. The summed E-state index contributed by atoms with van der Waals surface area (Å²) < 4.78 is 37.3. The molecule has 1 aromatic rings. The van der Waals surface area contributed by atoms with E-state index in [1.807, 2.05) is 0 Å². The molecule has 0 atom stereocenters. The number of hydrogen-bond acceptors (Lipinski definition) is 4. The molecular weight excluding hydrogens is 280 g/mol. The zero-order chi connectivity index (χ0) is 15.4. The van der Waals surface area contributed by atoms with Crippen molar-refractivity contribution in [2.24, 2.45) is 0 Å². The summed E-state index contributed by atoms with van der Waals surface area (Å²) in [5, 5.41) is 3.17. The van der Waals surface area contributed by atoms with Crippen molar-refractivity contribution in [3.05, 3.63) is 29.3 Å². The van der Waals surface area contributed by atoms with Crippen molar-refractivity contribution in [1.29, 1.82) is 0 Å². The first-order valence-electron chi connectivity index (χ1n) is 6.99. The standard InChI is InChI=1S/C15H19F2NO3/c1-9(2)21-14(19)8-20-15-12(16)5-10(6-13(15)17)7-18-11-3-4-11/h5-6,9,11,18H,3-4,7-8H2,1-2H3. The predicted molar refractivity (Wildman–Crippen MR) is 72.9 cm³/mol. The number of esters is 1. The lowest BCUT2D eigenvalue weighted by atomic mass is 10.2. The maximum absolute atomic E-state index is 13.8. The molecule has 21 heavy (non-hydrogen) atoms. The number of halogens is 2. The highest BCUT2D eigenvalue weighted by molar-refractivity contribution is 5.71. The fraction of sp³-hybridized carbons (Fsp3) is 0.533. The Balaban J connectivity index is 1.94. The smallest absolute Gasteiger partial charge is 0.344 e.